The van der Waals surface area contributed by atoms with Crippen LogP contribution in [-0.2, 0) is 4.79 Å². The quantitative estimate of drug-likeness (QED) is 0.572. The zero-order valence-corrected chi connectivity index (χ0v) is 8.33. The molecule has 2 rings (SSSR count). The molecule has 3 N–H and O–H groups in total. The summed E-state index contributed by atoms with van der Waals surface area (Å²) in [6.07, 6.45) is 2.65. The first-order valence-electron chi connectivity index (χ1n) is 5.42. The van der Waals surface area contributed by atoms with Crippen LogP contribution < -0.4 is 10.6 Å². The molecule has 1 saturated heterocycles. The Morgan fingerprint density at radius 2 is 2.21 bits per heavy atom. The fraction of sp³-hybridized carbons (Fsp3) is 0.900. The SMILES string of the molecule is O=C(NCC1CCC(O)C1)C1CNC1. The van der Waals surface area contributed by atoms with Gasteiger partial charge >= 0.3 is 0 Å². The minimum absolute atomic E-state index is 0.137. The Morgan fingerprint density at radius 3 is 2.71 bits per heavy atom. The van der Waals surface area contributed by atoms with E-state index in [0.29, 0.717) is 5.92 Å². The van der Waals surface area contributed by atoms with Crippen molar-refractivity contribution in [2.45, 2.75) is 25.4 Å². The summed E-state index contributed by atoms with van der Waals surface area (Å²) >= 11 is 0. The maximum atomic E-state index is 11.4. The van der Waals surface area contributed by atoms with Crippen LogP contribution in [0.15, 0.2) is 0 Å². The summed E-state index contributed by atoms with van der Waals surface area (Å²) < 4.78 is 0. The number of carbonyl (C=O) groups excluding carboxylic acids is 1. The highest BCUT2D eigenvalue weighted by Crippen LogP contribution is 2.24. The predicted molar refractivity (Wildman–Crippen MR) is 52.7 cm³/mol. The van der Waals surface area contributed by atoms with Crippen LogP contribution in [0.5, 0.6) is 0 Å². The van der Waals surface area contributed by atoms with Gasteiger partial charge in [0.1, 0.15) is 0 Å². The smallest absolute Gasteiger partial charge is 0.225 e. The van der Waals surface area contributed by atoms with Crippen LogP contribution >= 0.6 is 0 Å². The third-order valence-corrected chi connectivity index (χ3v) is 3.23. The standard InChI is InChI=1S/C10H18N2O2/c13-9-2-1-7(3-9)4-12-10(14)8-5-11-6-8/h7-9,11,13H,1-6H2,(H,12,14). The lowest BCUT2D eigenvalue weighted by atomic mass is 10.0. The molecule has 80 valence electrons. The number of aliphatic hydroxyl groups is 1. The first-order chi connectivity index (χ1) is 6.75. The second-order valence-corrected chi connectivity index (χ2v) is 4.43. The molecule has 0 radical (unpaired) electrons. The van der Waals surface area contributed by atoms with E-state index in [1.807, 2.05) is 0 Å². The van der Waals surface area contributed by atoms with Gasteiger partial charge in [-0.3, -0.25) is 4.79 Å². The highest BCUT2D eigenvalue weighted by atomic mass is 16.3. The molecule has 0 bridgehead atoms. The van der Waals surface area contributed by atoms with Gasteiger partial charge in [0.2, 0.25) is 5.91 Å². The summed E-state index contributed by atoms with van der Waals surface area (Å²) in [4.78, 5) is 11.4. The van der Waals surface area contributed by atoms with Crippen molar-refractivity contribution in [1.82, 2.24) is 10.6 Å². The Kier molecular flexibility index (Phi) is 3.03. The summed E-state index contributed by atoms with van der Waals surface area (Å²) in [5, 5.41) is 15.3. The van der Waals surface area contributed by atoms with Crippen molar-refractivity contribution in [3.63, 3.8) is 0 Å². The summed E-state index contributed by atoms with van der Waals surface area (Å²) in [5.74, 6) is 0.841. The number of hydrogen-bond acceptors (Lipinski definition) is 3. The van der Waals surface area contributed by atoms with Gasteiger partial charge in [0.25, 0.3) is 0 Å². The van der Waals surface area contributed by atoms with E-state index < -0.39 is 0 Å². The molecule has 1 saturated carbocycles. The van der Waals surface area contributed by atoms with Gasteiger partial charge in [-0.05, 0) is 25.2 Å². The molecule has 14 heavy (non-hydrogen) atoms. The topological polar surface area (TPSA) is 61.4 Å². The fourth-order valence-corrected chi connectivity index (χ4v) is 2.10. The molecule has 2 unspecified atom stereocenters. The highest BCUT2D eigenvalue weighted by molar-refractivity contribution is 5.79. The van der Waals surface area contributed by atoms with Crippen molar-refractivity contribution >= 4 is 5.91 Å². The monoisotopic (exact) mass is 198 g/mol. The summed E-state index contributed by atoms with van der Waals surface area (Å²) in [5.41, 5.74) is 0. The van der Waals surface area contributed by atoms with E-state index in [0.717, 1.165) is 38.9 Å². The van der Waals surface area contributed by atoms with E-state index >= 15 is 0 Å². The summed E-state index contributed by atoms with van der Waals surface area (Å²) in [6.45, 7) is 2.38. The minimum Gasteiger partial charge on any atom is -0.393 e. The molecule has 2 aliphatic rings. The van der Waals surface area contributed by atoms with Crippen LogP contribution in [0.3, 0.4) is 0 Å². The van der Waals surface area contributed by atoms with Crippen molar-refractivity contribution in [1.29, 1.82) is 0 Å². The molecule has 4 heteroatoms. The second kappa shape index (κ2) is 4.28. The molecule has 1 amide bonds. The fourth-order valence-electron chi connectivity index (χ4n) is 2.10. The van der Waals surface area contributed by atoms with Crippen molar-refractivity contribution < 1.29 is 9.90 Å². The van der Waals surface area contributed by atoms with Gasteiger partial charge in [0, 0.05) is 19.6 Å². The molecule has 1 heterocycles. The van der Waals surface area contributed by atoms with Crippen molar-refractivity contribution in [2.24, 2.45) is 11.8 Å². The van der Waals surface area contributed by atoms with Crippen LogP contribution in [0, 0.1) is 11.8 Å². The summed E-state index contributed by atoms with van der Waals surface area (Å²) in [7, 11) is 0. The van der Waals surface area contributed by atoms with Gasteiger partial charge in [-0.1, -0.05) is 0 Å². The molecule has 4 nitrogen and oxygen atoms in total. The van der Waals surface area contributed by atoms with E-state index in [1.54, 1.807) is 0 Å². The van der Waals surface area contributed by atoms with E-state index in [1.165, 1.54) is 0 Å². The van der Waals surface area contributed by atoms with Crippen molar-refractivity contribution in [2.75, 3.05) is 19.6 Å². The molecule has 2 atom stereocenters. The second-order valence-electron chi connectivity index (χ2n) is 4.43. The Labute approximate surface area is 84.1 Å². The lowest BCUT2D eigenvalue weighted by molar-refractivity contribution is -0.126. The molecule has 0 spiro atoms. The third kappa shape index (κ3) is 2.25. The number of rotatable bonds is 3. The molecule has 0 aromatic carbocycles. The Morgan fingerprint density at radius 1 is 1.43 bits per heavy atom. The Balaban J connectivity index is 1.64. The van der Waals surface area contributed by atoms with Crippen molar-refractivity contribution in [3.8, 4) is 0 Å². The number of carbonyl (C=O) groups is 1. The number of amides is 1. The molecule has 2 fully saturated rings. The van der Waals surface area contributed by atoms with Gasteiger partial charge < -0.3 is 15.7 Å². The zero-order valence-electron chi connectivity index (χ0n) is 8.33. The molecule has 1 aliphatic heterocycles. The summed E-state index contributed by atoms with van der Waals surface area (Å²) in [6, 6.07) is 0. The lowest BCUT2D eigenvalue weighted by Gasteiger charge is -2.26. The molecular formula is C10H18N2O2. The molecular weight excluding hydrogens is 180 g/mol. The average Bonchev–Trinajstić information content (AvgIpc) is 2.45. The van der Waals surface area contributed by atoms with Crippen LogP contribution in [0.4, 0.5) is 0 Å². The van der Waals surface area contributed by atoms with Crippen molar-refractivity contribution in [3.05, 3.63) is 0 Å². The largest absolute Gasteiger partial charge is 0.393 e. The average molecular weight is 198 g/mol. The Hall–Kier alpha value is -0.610. The van der Waals surface area contributed by atoms with Crippen LogP contribution in [0.2, 0.25) is 0 Å². The third-order valence-electron chi connectivity index (χ3n) is 3.23. The number of nitrogens with one attached hydrogen (secondary N) is 2. The van der Waals surface area contributed by atoms with Gasteiger partial charge in [0.05, 0.1) is 12.0 Å². The van der Waals surface area contributed by atoms with Gasteiger partial charge in [-0.15, -0.1) is 0 Å². The first kappa shape index (κ1) is 9.93. The van der Waals surface area contributed by atoms with Gasteiger partial charge in [-0.2, -0.15) is 0 Å². The molecule has 1 aliphatic carbocycles. The molecule has 0 aromatic heterocycles. The highest BCUT2D eigenvalue weighted by Gasteiger charge is 2.27. The molecule has 0 aromatic rings. The van der Waals surface area contributed by atoms with Gasteiger partial charge in [-0.25, -0.2) is 0 Å². The van der Waals surface area contributed by atoms with Crippen LogP contribution in [0.25, 0.3) is 0 Å². The number of aliphatic hydroxyl groups excluding tert-OH is 1. The lowest BCUT2D eigenvalue weighted by Crippen LogP contribution is -2.51. The van der Waals surface area contributed by atoms with Crippen LogP contribution in [-0.4, -0.2) is 36.8 Å². The first-order valence-corrected chi connectivity index (χ1v) is 5.42. The van der Waals surface area contributed by atoms with E-state index in [-0.39, 0.29) is 17.9 Å². The van der Waals surface area contributed by atoms with E-state index in [2.05, 4.69) is 10.6 Å². The Bertz CT molecular complexity index is 216. The minimum atomic E-state index is -0.137. The van der Waals surface area contributed by atoms with E-state index in [9.17, 15) is 9.90 Å². The van der Waals surface area contributed by atoms with E-state index in [4.69, 9.17) is 0 Å². The van der Waals surface area contributed by atoms with Gasteiger partial charge in [0.15, 0.2) is 0 Å². The predicted octanol–water partition coefficient (Wildman–Crippen LogP) is -0.517. The maximum absolute atomic E-state index is 11.4. The van der Waals surface area contributed by atoms with Crippen LogP contribution in [0.1, 0.15) is 19.3 Å². The maximum Gasteiger partial charge on any atom is 0.225 e. The number of hydrogen-bond donors (Lipinski definition) is 3. The zero-order chi connectivity index (χ0) is 9.97. The normalized spacial score (nSPS) is 32.6.